The Balaban J connectivity index is 2.03. The van der Waals surface area contributed by atoms with E-state index in [9.17, 15) is 9.59 Å². The normalized spacial score (nSPS) is 16.1. The SMILES string of the molecule is Cc1[nH]c(C(=O)O)c(C)c1C(=O)NCC1CCCCC1. The van der Waals surface area contributed by atoms with E-state index < -0.39 is 5.97 Å². The first-order valence-electron chi connectivity index (χ1n) is 7.21. The number of hydrogen-bond acceptors (Lipinski definition) is 2. The Morgan fingerprint density at radius 1 is 1.25 bits per heavy atom. The van der Waals surface area contributed by atoms with Crippen LogP contribution in [-0.4, -0.2) is 28.5 Å². The fourth-order valence-electron chi connectivity index (χ4n) is 3.02. The van der Waals surface area contributed by atoms with Gasteiger partial charge in [0.05, 0.1) is 5.56 Å². The zero-order valence-electron chi connectivity index (χ0n) is 12.1. The molecule has 1 saturated carbocycles. The van der Waals surface area contributed by atoms with Crippen LogP contribution in [0.25, 0.3) is 0 Å². The van der Waals surface area contributed by atoms with Gasteiger partial charge in [0.15, 0.2) is 0 Å². The van der Waals surface area contributed by atoms with E-state index >= 15 is 0 Å². The quantitative estimate of drug-likeness (QED) is 0.791. The van der Waals surface area contributed by atoms with Gasteiger partial charge in [-0.25, -0.2) is 4.79 Å². The molecular formula is C15H22N2O3. The Morgan fingerprint density at radius 2 is 1.90 bits per heavy atom. The molecule has 0 spiro atoms. The van der Waals surface area contributed by atoms with Crippen molar-refractivity contribution in [3.05, 3.63) is 22.5 Å². The molecule has 0 radical (unpaired) electrons. The highest BCUT2D eigenvalue weighted by atomic mass is 16.4. The fraction of sp³-hybridized carbons (Fsp3) is 0.600. The van der Waals surface area contributed by atoms with Crippen LogP contribution in [0.15, 0.2) is 0 Å². The summed E-state index contributed by atoms with van der Waals surface area (Å²) in [7, 11) is 0. The second kappa shape index (κ2) is 6.11. The average Bonchev–Trinajstić information content (AvgIpc) is 2.73. The molecule has 2 rings (SSSR count). The molecule has 1 aromatic heterocycles. The van der Waals surface area contributed by atoms with Crippen LogP contribution in [0.2, 0.25) is 0 Å². The molecule has 3 N–H and O–H groups in total. The zero-order chi connectivity index (χ0) is 14.7. The Bertz CT molecular complexity index is 513. The Morgan fingerprint density at radius 3 is 2.45 bits per heavy atom. The summed E-state index contributed by atoms with van der Waals surface area (Å²) in [4.78, 5) is 26.1. The largest absolute Gasteiger partial charge is 0.477 e. The fourth-order valence-corrected chi connectivity index (χ4v) is 3.02. The number of aryl methyl sites for hydroxylation is 1. The summed E-state index contributed by atoms with van der Waals surface area (Å²) in [5.41, 5.74) is 1.70. The summed E-state index contributed by atoms with van der Waals surface area (Å²) >= 11 is 0. The van der Waals surface area contributed by atoms with Gasteiger partial charge >= 0.3 is 5.97 Å². The van der Waals surface area contributed by atoms with Gasteiger partial charge in [-0.3, -0.25) is 4.79 Å². The lowest BCUT2D eigenvalue weighted by atomic mass is 9.89. The highest BCUT2D eigenvalue weighted by Gasteiger charge is 2.22. The maximum absolute atomic E-state index is 12.2. The number of nitrogens with one attached hydrogen (secondary N) is 2. The third-order valence-corrected chi connectivity index (χ3v) is 4.15. The minimum Gasteiger partial charge on any atom is -0.477 e. The predicted octanol–water partition coefficient (Wildman–Crippen LogP) is 2.64. The van der Waals surface area contributed by atoms with Crippen LogP contribution in [0.3, 0.4) is 0 Å². The number of aromatic carboxylic acids is 1. The van der Waals surface area contributed by atoms with Crippen molar-refractivity contribution in [3.8, 4) is 0 Å². The van der Waals surface area contributed by atoms with E-state index in [-0.39, 0.29) is 11.6 Å². The van der Waals surface area contributed by atoms with E-state index in [1.54, 1.807) is 13.8 Å². The van der Waals surface area contributed by atoms with E-state index in [0.29, 0.717) is 29.3 Å². The van der Waals surface area contributed by atoms with Gasteiger partial charge in [-0.05, 0) is 38.2 Å². The van der Waals surface area contributed by atoms with Gasteiger partial charge in [0, 0.05) is 12.2 Å². The first-order valence-corrected chi connectivity index (χ1v) is 7.21. The second-order valence-electron chi connectivity index (χ2n) is 5.64. The summed E-state index contributed by atoms with van der Waals surface area (Å²) in [6, 6.07) is 0. The van der Waals surface area contributed by atoms with E-state index in [1.807, 2.05) is 0 Å². The minimum atomic E-state index is -1.03. The molecular weight excluding hydrogens is 256 g/mol. The van der Waals surface area contributed by atoms with Gasteiger partial charge in [-0.2, -0.15) is 0 Å². The van der Waals surface area contributed by atoms with Crippen molar-refractivity contribution in [2.45, 2.75) is 46.0 Å². The summed E-state index contributed by atoms with van der Waals surface area (Å²) in [5, 5.41) is 12.0. The Labute approximate surface area is 118 Å². The molecule has 1 amide bonds. The molecule has 5 nitrogen and oxygen atoms in total. The molecule has 0 unspecified atom stereocenters. The van der Waals surface area contributed by atoms with Crippen LogP contribution < -0.4 is 5.32 Å². The molecule has 1 aromatic rings. The average molecular weight is 278 g/mol. The number of carbonyl (C=O) groups excluding carboxylic acids is 1. The molecule has 0 aromatic carbocycles. The van der Waals surface area contributed by atoms with Gasteiger partial charge in [0.1, 0.15) is 5.69 Å². The van der Waals surface area contributed by atoms with Crippen molar-refractivity contribution in [2.24, 2.45) is 5.92 Å². The number of carbonyl (C=O) groups is 2. The molecule has 1 fully saturated rings. The number of rotatable bonds is 4. The lowest BCUT2D eigenvalue weighted by Gasteiger charge is -2.21. The molecule has 1 aliphatic carbocycles. The first kappa shape index (κ1) is 14.6. The van der Waals surface area contributed by atoms with Crippen LogP contribution in [0.5, 0.6) is 0 Å². The Kier molecular flexibility index (Phi) is 4.47. The molecule has 20 heavy (non-hydrogen) atoms. The number of H-pyrrole nitrogens is 1. The molecule has 0 aliphatic heterocycles. The molecule has 5 heteroatoms. The molecule has 1 aliphatic rings. The van der Waals surface area contributed by atoms with Crippen molar-refractivity contribution >= 4 is 11.9 Å². The van der Waals surface area contributed by atoms with Crippen molar-refractivity contribution < 1.29 is 14.7 Å². The molecule has 110 valence electrons. The van der Waals surface area contributed by atoms with Crippen molar-refractivity contribution in [3.63, 3.8) is 0 Å². The zero-order valence-corrected chi connectivity index (χ0v) is 12.1. The standard InChI is InChI=1S/C15H22N2O3/c1-9-12(10(2)17-13(9)15(19)20)14(18)16-8-11-6-4-3-5-7-11/h11,17H,3-8H2,1-2H3,(H,16,18)(H,19,20). The van der Waals surface area contributed by atoms with Crippen LogP contribution in [-0.2, 0) is 0 Å². The highest BCUT2D eigenvalue weighted by molar-refractivity contribution is 6.00. The number of carboxylic acids is 1. The van der Waals surface area contributed by atoms with Crippen LogP contribution in [0.1, 0.15) is 64.2 Å². The lowest BCUT2D eigenvalue weighted by Crippen LogP contribution is -2.30. The number of aromatic amines is 1. The monoisotopic (exact) mass is 278 g/mol. The van der Waals surface area contributed by atoms with Crippen molar-refractivity contribution in [1.82, 2.24) is 10.3 Å². The van der Waals surface area contributed by atoms with Gasteiger partial charge < -0.3 is 15.4 Å². The van der Waals surface area contributed by atoms with Crippen LogP contribution in [0, 0.1) is 19.8 Å². The summed E-state index contributed by atoms with van der Waals surface area (Å²) in [6.07, 6.45) is 6.12. The molecule has 0 atom stereocenters. The van der Waals surface area contributed by atoms with Crippen molar-refractivity contribution in [2.75, 3.05) is 6.54 Å². The van der Waals surface area contributed by atoms with E-state index in [0.717, 1.165) is 0 Å². The van der Waals surface area contributed by atoms with Gasteiger partial charge in [-0.1, -0.05) is 19.3 Å². The van der Waals surface area contributed by atoms with Crippen LogP contribution >= 0.6 is 0 Å². The van der Waals surface area contributed by atoms with E-state index in [2.05, 4.69) is 10.3 Å². The lowest BCUT2D eigenvalue weighted by molar-refractivity contribution is 0.0690. The maximum Gasteiger partial charge on any atom is 0.352 e. The summed E-state index contributed by atoms with van der Waals surface area (Å²) < 4.78 is 0. The van der Waals surface area contributed by atoms with Gasteiger partial charge in [-0.15, -0.1) is 0 Å². The van der Waals surface area contributed by atoms with E-state index in [1.165, 1.54) is 32.1 Å². The van der Waals surface area contributed by atoms with Gasteiger partial charge in [0.25, 0.3) is 5.91 Å². The minimum absolute atomic E-state index is 0.102. The third-order valence-electron chi connectivity index (χ3n) is 4.15. The van der Waals surface area contributed by atoms with Gasteiger partial charge in [0.2, 0.25) is 0 Å². The highest BCUT2D eigenvalue weighted by Crippen LogP contribution is 2.23. The Hall–Kier alpha value is -1.78. The number of aromatic nitrogens is 1. The summed E-state index contributed by atoms with van der Waals surface area (Å²) in [6.45, 7) is 4.09. The number of amides is 1. The molecule has 1 heterocycles. The molecule has 0 saturated heterocycles. The third kappa shape index (κ3) is 3.03. The molecule has 0 bridgehead atoms. The smallest absolute Gasteiger partial charge is 0.352 e. The van der Waals surface area contributed by atoms with Crippen LogP contribution in [0.4, 0.5) is 0 Å². The predicted molar refractivity (Wildman–Crippen MR) is 76.1 cm³/mol. The van der Waals surface area contributed by atoms with E-state index in [4.69, 9.17) is 5.11 Å². The topological polar surface area (TPSA) is 82.2 Å². The second-order valence-corrected chi connectivity index (χ2v) is 5.64. The maximum atomic E-state index is 12.2. The summed E-state index contributed by atoms with van der Waals surface area (Å²) in [5.74, 6) is -0.641. The first-order chi connectivity index (χ1) is 9.50. The number of carboxylic acid groups (broad SMARTS) is 1. The number of hydrogen-bond donors (Lipinski definition) is 3. The van der Waals surface area contributed by atoms with Crippen molar-refractivity contribution in [1.29, 1.82) is 0 Å².